The van der Waals surface area contributed by atoms with E-state index in [0.29, 0.717) is 0 Å². The Morgan fingerprint density at radius 1 is 1.13 bits per heavy atom. The number of benzene rings is 1. The molecule has 1 atom stereocenters. The minimum Gasteiger partial charge on any atom is -0.469 e. The molecule has 2 rings (SSSR count). The fraction of sp³-hybridized carbons (Fsp3) is 0.429. The lowest BCUT2D eigenvalue weighted by atomic mass is 9.87. The highest BCUT2D eigenvalue weighted by molar-refractivity contribution is 6.13. The molecule has 1 aliphatic heterocycles. The lowest BCUT2D eigenvalue weighted by Gasteiger charge is -2.31. The van der Waals surface area contributed by atoms with Crippen LogP contribution in [-0.2, 0) is 9.53 Å². The first-order valence-corrected chi connectivity index (χ1v) is 6.40. The first kappa shape index (κ1) is 17.3. The second-order valence-electron chi connectivity index (χ2n) is 5.00. The van der Waals surface area contributed by atoms with E-state index in [1.807, 2.05) is 0 Å². The molecule has 0 bridgehead atoms. The van der Waals surface area contributed by atoms with Crippen LogP contribution >= 0.6 is 0 Å². The molecule has 1 heterocycles. The second-order valence-corrected chi connectivity index (χ2v) is 5.00. The Morgan fingerprint density at radius 2 is 1.65 bits per heavy atom. The molecule has 0 saturated heterocycles. The Balaban J connectivity index is 2.65. The Labute approximate surface area is 127 Å². The van der Waals surface area contributed by atoms with Crippen LogP contribution < -0.4 is 0 Å². The van der Waals surface area contributed by atoms with E-state index in [0.717, 1.165) is 7.11 Å². The van der Waals surface area contributed by atoms with E-state index in [4.69, 9.17) is 0 Å². The minimum atomic E-state index is -5.69. The van der Waals surface area contributed by atoms with Gasteiger partial charge in [0.05, 0.1) is 12.8 Å². The molecule has 1 aliphatic rings. The zero-order chi connectivity index (χ0) is 17.5. The Morgan fingerprint density at radius 3 is 2.09 bits per heavy atom. The fourth-order valence-electron chi connectivity index (χ4n) is 2.45. The van der Waals surface area contributed by atoms with Gasteiger partial charge in [0.2, 0.25) is 0 Å². The second kappa shape index (κ2) is 5.54. The van der Waals surface area contributed by atoms with Crippen molar-refractivity contribution in [2.45, 2.75) is 24.3 Å². The number of hydrogen-bond acceptors (Lipinski definition) is 3. The lowest BCUT2D eigenvalue weighted by molar-refractivity contribution is -0.295. The molecule has 126 valence electrons. The standard InChI is InChI=1S/C14H11F6NO2/c1-23-11(22)9-7-12(13(15,16)17,14(18,19)20)21-10(9)8-5-3-2-4-6-8/h2-6,9H,7H2,1H3. The van der Waals surface area contributed by atoms with Gasteiger partial charge in [0.25, 0.3) is 5.54 Å². The number of rotatable bonds is 2. The first-order chi connectivity index (χ1) is 10.5. The van der Waals surface area contributed by atoms with Crippen LogP contribution in [0.25, 0.3) is 0 Å². The molecule has 0 radical (unpaired) electrons. The average Bonchev–Trinajstić information content (AvgIpc) is 2.89. The summed E-state index contributed by atoms with van der Waals surface area (Å²) in [6.45, 7) is 0. The Bertz CT molecular complexity index is 606. The number of esters is 1. The molecule has 0 spiro atoms. The number of ether oxygens (including phenoxy) is 1. The number of carbonyl (C=O) groups excluding carboxylic acids is 1. The van der Waals surface area contributed by atoms with Crippen molar-refractivity contribution in [3.05, 3.63) is 35.9 Å². The molecule has 0 amide bonds. The fourth-order valence-corrected chi connectivity index (χ4v) is 2.45. The number of methoxy groups -OCH3 is 1. The molecule has 0 aromatic heterocycles. The average molecular weight is 339 g/mol. The van der Waals surface area contributed by atoms with Gasteiger partial charge < -0.3 is 4.74 Å². The molecule has 1 aromatic rings. The van der Waals surface area contributed by atoms with Gasteiger partial charge in [-0.05, 0) is 5.56 Å². The third-order valence-electron chi connectivity index (χ3n) is 3.63. The monoisotopic (exact) mass is 339 g/mol. The van der Waals surface area contributed by atoms with E-state index >= 15 is 0 Å². The highest BCUT2D eigenvalue weighted by Gasteiger charge is 2.74. The molecule has 1 aromatic carbocycles. The zero-order valence-corrected chi connectivity index (χ0v) is 11.7. The number of carbonyl (C=O) groups is 1. The van der Waals surface area contributed by atoms with E-state index in [9.17, 15) is 31.1 Å². The molecular weight excluding hydrogens is 328 g/mol. The smallest absolute Gasteiger partial charge is 0.422 e. The predicted molar refractivity (Wildman–Crippen MR) is 67.9 cm³/mol. The van der Waals surface area contributed by atoms with Crippen LogP contribution in [0.2, 0.25) is 0 Å². The topological polar surface area (TPSA) is 38.7 Å². The highest BCUT2D eigenvalue weighted by atomic mass is 19.4. The molecule has 3 nitrogen and oxygen atoms in total. The van der Waals surface area contributed by atoms with Crippen LogP contribution in [0.5, 0.6) is 0 Å². The third-order valence-corrected chi connectivity index (χ3v) is 3.63. The van der Waals surface area contributed by atoms with Gasteiger partial charge in [-0.3, -0.25) is 9.79 Å². The van der Waals surface area contributed by atoms with Gasteiger partial charge in [-0.1, -0.05) is 30.3 Å². The van der Waals surface area contributed by atoms with E-state index < -0.39 is 41.9 Å². The third kappa shape index (κ3) is 2.79. The van der Waals surface area contributed by atoms with Gasteiger partial charge in [0, 0.05) is 6.42 Å². The summed E-state index contributed by atoms with van der Waals surface area (Å²) in [5, 5.41) is 0. The molecule has 0 N–H and O–H groups in total. The minimum absolute atomic E-state index is 0.0123. The van der Waals surface area contributed by atoms with Crippen LogP contribution in [0.4, 0.5) is 26.3 Å². The van der Waals surface area contributed by atoms with Gasteiger partial charge in [-0.15, -0.1) is 0 Å². The van der Waals surface area contributed by atoms with Gasteiger partial charge in [-0.25, -0.2) is 0 Å². The summed E-state index contributed by atoms with van der Waals surface area (Å²) in [5.41, 5.74) is -4.88. The number of aliphatic imine (C=N–C) groups is 1. The number of halogens is 6. The van der Waals surface area contributed by atoms with E-state index in [2.05, 4.69) is 9.73 Å². The van der Waals surface area contributed by atoms with Gasteiger partial charge >= 0.3 is 18.3 Å². The summed E-state index contributed by atoms with van der Waals surface area (Å²) in [6.07, 6.45) is -12.9. The zero-order valence-electron chi connectivity index (χ0n) is 11.7. The summed E-state index contributed by atoms with van der Waals surface area (Å²) >= 11 is 0. The van der Waals surface area contributed by atoms with Crippen molar-refractivity contribution in [2.24, 2.45) is 10.9 Å². The summed E-state index contributed by atoms with van der Waals surface area (Å²) in [5.74, 6) is -2.94. The van der Waals surface area contributed by atoms with Crippen LogP contribution in [0, 0.1) is 5.92 Å². The Hall–Kier alpha value is -2.06. The maximum Gasteiger partial charge on any atom is 0.422 e. The quantitative estimate of drug-likeness (QED) is 0.611. The molecule has 1 unspecified atom stereocenters. The number of hydrogen-bond donors (Lipinski definition) is 0. The van der Waals surface area contributed by atoms with Crippen molar-refractivity contribution in [1.29, 1.82) is 0 Å². The molecule has 0 saturated carbocycles. The van der Waals surface area contributed by atoms with Gasteiger partial charge in [-0.2, -0.15) is 26.3 Å². The number of alkyl halides is 6. The molecule has 0 fully saturated rings. The molecule has 23 heavy (non-hydrogen) atoms. The molecule has 0 aliphatic carbocycles. The Kier molecular flexibility index (Phi) is 4.16. The molecule has 9 heteroatoms. The SMILES string of the molecule is COC(=O)C1CC(C(F)(F)F)(C(F)(F)F)N=C1c1ccccc1. The van der Waals surface area contributed by atoms with Crippen LogP contribution in [0.3, 0.4) is 0 Å². The van der Waals surface area contributed by atoms with E-state index in [1.54, 1.807) is 0 Å². The van der Waals surface area contributed by atoms with E-state index in [-0.39, 0.29) is 5.56 Å². The summed E-state index contributed by atoms with van der Waals surface area (Å²) in [4.78, 5) is 14.7. The van der Waals surface area contributed by atoms with Gasteiger partial charge in [0.15, 0.2) is 0 Å². The maximum absolute atomic E-state index is 13.2. The summed E-state index contributed by atoms with van der Waals surface area (Å²) in [7, 11) is 0.895. The largest absolute Gasteiger partial charge is 0.469 e. The van der Waals surface area contributed by atoms with Gasteiger partial charge in [0.1, 0.15) is 5.92 Å². The van der Waals surface area contributed by atoms with Crippen molar-refractivity contribution in [3.63, 3.8) is 0 Å². The van der Waals surface area contributed by atoms with Crippen LogP contribution in [0.1, 0.15) is 12.0 Å². The van der Waals surface area contributed by atoms with Crippen molar-refractivity contribution in [2.75, 3.05) is 7.11 Å². The normalized spacial score (nSPS) is 21.0. The summed E-state index contributed by atoms with van der Waals surface area (Å²) in [6, 6.07) is 6.96. The molecular formula is C14H11F6NO2. The maximum atomic E-state index is 13.2. The summed E-state index contributed by atoms with van der Waals surface area (Å²) < 4.78 is 83.3. The van der Waals surface area contributed by atoms with E-state index in [1.165, 1.54) is 30.3 Å². The van der Waals surface area contributed by atoms with Crippen molar-refractivity contribution >= 4 is 11.7 Å². The lowest BCUT2D eigenvalue weighted by Crippen LogP contribution is -2.54. The first-order valence-electron chi connectivity index (χ1n) is 6.40. The van der Waals surface area contributed by atoms with Crippen molar-refractivity contribution in [3.8, 4) is 0 Å². The van der Waals surface area contributed by atoms with Crippen molar-refractivity contribution < 1.29 is 35.9 Å². The highest BCUT2D eigenvalue weighted by Crippen LogP contribution is 2.53. The van der Waals surface area contributed by atoms with Crippen LogP contribution in [-0.4, -0.2) is 36.7 Å². The van der Waals surface area contributed by atoms with Crippen molar-refractivity contribution in [1.82, 2.24) is 0 Å². The number of nitrogens with zero attached hydrogens (tertiary/aromatic N) is 1. The van der Waals surface area contributed by atoms with Crippen LogP contribution in [0.15, 0.2) is 35.3 Å². The predicted octanol–water partition coefficient (Wildman–Crippen LogP) is 3.53.